The fourth-order valence-corrected chi connectivity index (χ4v) is 2.83. The largest absolute Gasteiger partial charge is 0.489 e. The zero-order valence-corrected chi connectivity index (χ0v) is 19.4. The molecule has 0 amide bonds. The van der Waals surface area contributed by atoms with E-state index in [1.165, 1.54) is 6.21 Å². The van der Waals surface area contributed by atoms with Crippen LogP contribution in [0, 0.1) is 18.3 Å². The van der Waals surface area contributed by atoms with E-state index in [1.54, 1.807) is 66.3 Å². The molecular weight excluding hydrogens is 467 g/mol. The van der Waals surface area contributed by atoms with Crippen molar-refractivity contribution in [2.75, 3.05) is 13.2 Å². The van der Waals surface area contributed by atoms with E-state index in [0.29, 0.717) is 40.1 Å². The highest BCUT2D eigenvalue weighted by molar-refractivity contribution is 6.55. The maximum absolute atomic E-state index is 8.53. The van der Waals surface area contributed by atoms with Crippen molar-refractivity contribution >= 4 is 29.4 Å². The normalized spacial score (nSPS) is 10.5. The van der Waals surface area contributed by atoms with Crippen LogP contribution in [0.2, 0.25) is 0 Å². The first-order chi connectivity index (χ1) is 16.0. The first-order valence-corrected chi connectivity index (χ1v) is 10.5. The van der Waals surface area contributed by atoms with Crippen molar-refractivity contribution in [2.24, 2.45) is 12.2 Å². The van der Waals surface area contributed by atoms with Gasteiger partial charge in [-0.05, 0) is 61.5 Å². The molecule has 0 bridgehead atoms. The predicted octanol–water partition coefficient (Wildman–Crippen LogP) is 5.89. The van der Waals surface area contributed by atoms with Crippen molar-refractivity contribution in [3.8, 4) is 34.9 Å². The van der Waals surface area contributed by atoms with Gasteiger partial charge in [0, 0.05) is 7.05 Å². The van der Waals surface area contributed by atoms with Crippen molar-refractivity contribution in [1.29, 1.82) is 5.26 Å². The number of hydrogen-bond donors (Lipinski definition) is 0. The molecule has 10 heteroatoms. The quantitative estimate of drug-likeness (QED) is 0.201. The molecule has 0 fully saturated rings. The van der Waals surface area contributed by atoms with Gasteiger partial charge in [-0.3, -0.25) is 0 Å². The molecule has 0 saturated heterocycles. The van der Waals surface area contributed by atoms with Crippen LogP contribution in [0.1, 0.15) is 11.3 Å². The molecule has 0 aliphatic carbocycles. The number of aryl methyl sites for hydroxylation is 2. The third-order valence-electron chi connectivity index (χ3n) is 4.18. The second-order valence-corrected chi connectivity index (χ2v) is 7.55. The number of hydrogen-bond acceptors (Lipinski definition) is 7. The maximum Gasteiger partial charge on any atom is 0.226 e. The Bertz CT molecular complexity index is 1160. The summed E-state index contributed by atoms with van der Waals surface area (Å²) >= 11 is 11.1. The highest BCUT2D eigenvalue weighted by Gasteiger charge is 2.14. The number of nitrogens with zero attached hydrogens (tertiary/aromatic N) is 4. The molecule has 1 aromatic heterocycles. The summed E-state index contributed by atoms with van der Waals surface area (Å²) in [5.41, 5.74) is 1.37. The van der Waals surface area contributed by atoms with Crippen molar-refractivity contribution in [2.45, 2.75) is 6.92 Å². The lowest BCUT2D eigenvalue weighted by atomic mass is 10.2. The first kappa shape index (κ1) is 24.0. The van der Waals surface area contributed by atoms with Crippen LogP contribution in [-0.4, -0.2) is 29.2 Å². The molecule has 8 nitrogen and oxygen atoms in total. The molecule has 0 aliphatic rings. The van der Waals surface area contributed by atoms with Crippen molar-refractivity contribution in [1.82, 2.24) is 9.78 Å². The maximum atomic E-state index is 8.53. The molecule has 0 spiro atoms. The van der Waals surface area contributed by atoms with Crippen LogP contribution < -0.4 is 14.2 Å². The molecule has 0 aliphatic heterocycles. The molecule has 33 heavy (non-hydrogen) atoms. The highest BCUT2D eigenvalue weighted by Crippen LogP contribution is 2.29. The zero-order valence-electron chi connectivity index (χ0n) is 17.9. The van der Waals surface area contributed by atoms with E-state index in [0.717, 1.165) is 0 Å². The van der Waals surface area contributed by atoms with E-state index in [-0.39, 0.29) is 17.7 Å². The third-order valence-corrected chi connectivity index (χ3v) is 4.49. The van der Waals surface area contributed by atoms with Gasteiger partial charge in [0.2, 0.25) is 12.5 Å². The van der Waals surface area contributed by atoms with Crippen molar-refractivity contribution < 1.29 is 19.0 Å². The second kappa shape index (κ2) is 11.8. The summed E-state index contributed by atoms with van der Waals surface area (Å²) in [4.78, 5) is 4.84. The number of ether oxygens (including phenoxy) is 3. The Morgan fingerprint density at radius 2 is 1.61 bits per heavy atom. The molecule has 2 aromatic carbocycles. The Labute approximate surface area is 201 Å². The minimum Gasteiger partial charge on any atom is -0.489 e. The zero-order chi connectivity index (χ0) is 23.6. The molecule has 0 atom stereocenters. The molecule has 3 aromatic rings. The van der Waals surface area contributed by atoms with Gasteiger partial charge < -0.3 is 19.0 Å². The van der Waals surface area contributed by atoms with Crippen LogP contribution in [-0.2, 0) is 11.9 Å². The molecule has 3 rings (SSSR count). The lowest BCUT2D eigenvalue weighted by molar-refractivity contribution is 0.180. The molecule has 0 radical (unpaired) electrons. The average Bonchev–Trinajstić information content (AvgIpc) is 3.06. The van der Waals surface area contributed by atoms with Gasteiger partial charge >= 0.3 is 0 Å². The third kappa shape index (κ3) is 7.17. The summed E-state index contributed by atoms with van der Waals surface area (Å²) in [6.07, 6.45) is 3.03. The number of benzene rings is 2. The Balaban J connectivity index is 1.63. The van der Waals surface area contributed by atoms with Crippen LogP contribution in [0.4, 0.5) is 0 Å². The summed E-state index contributed by atoms with van der Waals surface area (Å²) in [7, 11) is 1.77. The van der Waals surface area contributed by atoms with Gasteiger partial charge in [0.15, 0.2) is 0 Å². The molecule has 0 N–H and O–H groups in total. The predicted molar refractivity (Wildman–Crippen MR) is 125 cm³/mol. The van der Waals surface area contributed by atoms with Crippen molar-refractivity contribution in [3.05, 3.63) is 70.4 Å². The average molecular weight is 487 g/mol. The Morgan fingerprint density at radius 3 is 2.18 bits per heavy atom. The number of nitriles is 1. The van der Waals surface area contributed by atoms with Gasteiger partial charge in [-0.15, -0.1) is 0 Å². The van der Waals surface area contributed by atoms with Gasteiger partial charge in [0.25, 0.3) is 0 Å². The van der Waals surface area contributed by atoms with Crippen LogP contribution in [0.25, 0.3) is 0 Å². The van der Waals surface area contributed by atoms with Gasteiger partial charge in [0.1, 0.15) is 40.2 Å². The summed E-state index contributed by atoms with van der Waals surface area (Å²) in [6.45, 7) is 1.97. The van der Waals surface area contributed by atoms with Gasteiger partial charge in [-0.1, -0.05) is 28.4 Å². The smallest absolute Gasteiger partial charge is 0.226 e. The standard InChI is InChI=1S/C23H20Cl2N4O4/c1-16-21(15-27-31-14-12-26)23(29(2)28-16)33-20-9-7-19(8-10-20)32-18-5-3-17(4-6-18)30-13-11-22(24)25/h3-11,15H,13-14H2,1-2H3. The van der Waals surface area contributed by atoms with Gasteiger partial charge in [-0.25, -0.2) is 4.68 Å². The van der Waals surface area contributed by atoms with Crippen LogP contribution in [0.5, 0.6) is 28.9 Å². The summed E-state index contributed by atoms with van der Waals surface area (Å²) < 4.78 is 19.1. The van der Waals surface area contributed by atoms with E-state index in [4.69, 9.17) is 47.5 Å². The number of halogens is 2. The lowest BCUT2D eigenvalue weighted by Gasteiger charge is -2.10. The summed E-state index contributed by atoms with van der Waals surface area (Å²) in [6, 6.07) is 16.2. The van der Waals surface area contributed by atoms with E-state index >= 15 is 0 Å². The summed E-state index contributed by atoms with van der Waals surface area (Å²) in [5, 5.41) is 16.6. The molecule has 1 heterocycles. The first-order valence-electron chi connectivity index (χ1n) is 9.72. The molecule has 170 valence electrons. The fourth-order valence-electron chi connectivity index (χ4n) is 2.71. The fraction of sp³-hybridized carbons (Fsp3) is 0.174. The molecule has 0 unspecified atom stereocenters. The number of rotatable bonds is 10. The topological polar surface area (TPSA) is 90.9 Å². The van der Waals surface area contributed by atoms with Crippen LogP contribution in [0.15, 0.2) is 64.3 Å². The van der Waals surface area contributed by atoms with E-state index in [1.807, 2.05) is 13.0 Å². The molecular formula is C23H20Cl2N4O4. The Kier molecular flexibility index (Phi) is 8.58. The lowest BCUT2D eigenvalue weighted by Crippen LogP contribution is -1.97. The summed E-state index contributed by atoms with van der Waals surface area (Å²) in [5.74, 6) is 3.04. The van der Waals surface area contributed by atoms with Crippen LogP contribution in [0.3, 0.4) is 0 Å². The van der Waals surface area contributed by atoms with E-state index in [9.17, 15) is 0 Å². The van der Waals surface area contributed by atoms with Crippen molar-refractivity contribution in [3.63, 3.8) is 0 Å². The number of oxime groups is 1. The second-order valence-electron chi connectivity index (χ2n) is 6.55. The Hall–Kier alpha value is -3.67. The SMILES string of the molecule is Cc1nn(C)c(Oc2ccc(Oc3ccc(OCC=C(Cl)Cl)cc3)cc2)c1C=NOCC#N. The minimum absolute atomic E-state index is 0.135. The van der Waals surface area contributed by atoms with E-state index < -0.39 is 0 Å². The highest BCUT2D eigenvalue weighted by atomic mass is 35.5. The molecule has 0 saturated carbocycles. The number of aromatic nitrogens is 2. The van der Waals surface area contributed by atoms with Crippen LogP contribution >= 0.6 is 23.2 Å². The minimum atomic E-state index is -0.135. The van der Waals surface area contributed by atoms with Gasteiger partial charge in [-0.2, -0.15) is 10.4 Å². The monoisotopic (exact) mass is 486 g/mol. The Morgan fingerprint density at radius 1 is 1.03 bits per heavy atom. The van der Waals surface area contributed by atoms with E-state index in [2.05, 4.69) is 10.3 Å². The van der Waals surface area contributed by atoms with Gasteiger partial charge in [0.05, 0.1) is 17.5 Å².